The van der Waals surface area contributed by atoms with Gasteiger partial charge < -0.3 is 9.73 Å². The van der Waals surface area contributed by atoms with E-state index >= 15 is 0 Å². The SMILES string of the molecule is CC(C)C(C)NC(=O)/C=C/c1ccc(I)o1. The average Bonchev–Trinajstić information content (AvgIpc) is 2.61. The highest BCUT2D eigenvalue weighted by molar-refractivity contribution is 14.1. The van der Waals surface area contributed by atoms with E-state index in [1.807, 2.05) is 19.1 Å². The molecule has 1 aromatic heterocycles. The molecule has 0 aliphatic carbocycles. The van der Waals surface area contributed by atoms with Crippen molar-refractivity contribution in [2.24, 2.45) is 5.92 Å². The van der Waals surface area contributed by atoms with Crippen molar-refractivity contribution >= 4 is 34.6 Å². The highest BCUT2D eigenvalue weighted by atomic mass is 127. The number of carbonyl (C=O) groups excluding carboxylic acids is 1. The maximum absolute atomic E-state index is 11.5. The third-order valence-corrected chi connectivity index (χ3v) is 2.94. The normalized spacial score (nSPS) is 13.3. The lowest BCUT2D eigenvalue weighted by Crippen LogP contribution is -2.34. The zero-order valence-electron chi connectivity index (χ0n) is 9.66. The van der Waals surface area contributed by atoms with E-state index in [-0.39, 0.29) is 11.9 Å². The summed E-state index contributed by atoms with van der Waals surface area (Å²) >= 11 is 2.09. The molecule has 1 aromatic rings. The van der Waals surface area contributed by atoms with Gasteiger partial charge in [-0.2, -0.15) is 0 Å². The van der Waals surface area contributed by atoms with Crippen LogP contribution >= 0.6 is 22.6 Å². The first-order chi connectivity index (χ1) is 7.49. The van der Waals surface area contributed by atoms with Crippen LogP contribution in [0.3, 0.4) is 0 Å². The summed E-state index contributed by atoms with van der Waals surface area (Å²) in [6, 6.07) is 3.86. The first kappa shape index (κ1) is 13.3. The second-order valence-electron chi connectivity index (χ2n) is 4.02. The predicted molar refractivity (Wildman–Crippen MR) is 72.9 cm³/mol. The summed E-state index contributed by atoms with van der Waals surface area (Å²) in [7, 11) is 0. The molecule has 0 saturated carbocycles. The van der Waals surface area contributed by atoms with Crippen LogP contribution in [0.1, 0.15) is 26.5 Å². The van der Waals surface area contributed by atoms with E-state index in [0.717, 1.165) is 3.77 Å². The molecule has 0 aromatic carbocycles. The molecule has 0 fully saturated rings. The third kappa shape index (κ3) is 4.38. The molecular formula is C12H16INO2. The third-order valence-electron chi connectivity index (χ3n) is 2.36. The lowest BCUT2D eigenvalue weighted by atomic mass is 10.1. The Labute approximate surface area is 109 Å². The number of rotatable bonds is 4. The van der Waals surface area contributed by atoms with E-state index in [0.29, 0.717) is 11.7 Å². The Morgan fingerprint density at radius 1 is 1.44 bits per heavy atom. The maximum Gasteiger partial charge on any atom is 0.244 e. The van der Waals surface area contributed by atoms with Gasteiger partial charge in [0.05, 0.1) is 0 Å². The van der Waals surface area contributed by atoms with Crippen molar-refractivity contribution in [2.45, 2.75) is 26.8 Å². The van der Waals surface area contributed by atoms with Gasteiger partial charge in [0.15, 0.2) is 3.77 Å². The van der Waals surface area contributed by atoms with Crippen LogP contribution < -0.4 is 5.32 Å². The number of carbonyl (C=O) groups is 1. The molecule has 0 bridgehead atoms. The summed E-state index contributed by atoms with van der Waals surface area (Å²) < 4.78 is 6.12. The summed E-state index contributed by atoms with van der Waals surface area (Å²) in [6.45, 7) is 6.14. The van der Waals surface area contributed by atoms with Crippen molar-refractivity contribution in [1.82, 2.24) is 5.32 Å². The van der Waals surface area contributed by atoms with Gasteiger partial charge >= 0.3 is 0 Å². The molecule has 88 valence electrons. The summed E-state index contributed by atoms with van der Waals surface area (Å²) in [6.07, 6.45) is 3.17. The second kappa shape index (κ2) is 6.08. The van der Waals surface area contributed by atoms with Gasteiger partial charge in [0.1, 0.15) is 5.76 Å². The highest BCUT2D eigenvalue weighted by Crippen LogP contribution is 2.11. The maximum atomic E-state index is 11.5. The number of hydrogen-bond acceptors (Lipinski definition) is 2. The number of furan rings is 1. The van der Waals surface area contributed by atoms with Gasteiger partial charge in [-0.05, 0) is 53.6 Å². The predicted octanol–water partition coefficient (Wildman–Crippen LogP) is 3.06. The van der Waals surface area contributed by atoms with Crippen LogP contribution in [0.25, 0.3) is 6.08 Å². The van der Waals surface area contributed by atoms with E-state index in [1.54, 1.807) is 6.08 Å². The molecule has 1 atom stereocenters. The minimum atomic E-state index is -0.0902. The quantitative estimate of drug-likeness (QED) is 0.680. The smallest absolute Gasteiger partial charge is 0.244 e. The van der Waals surface area contributed by atoms with Gasteiger partial charge in [-0.1, -0.05) is 13.8 Å². The van der Waals surface area contributed by atoms with Gasteiger partial charge in [-0.15, -0.1) is 0 Å². The Morgan fingerprint density at radius 3 is 2.62 bits per heavy atom. The Morgan fingerprint density at radius 2 is 2.12 bits per heavy atom. The van der Waals surface area contributed by atoms with E-state index in [2.05, 4.69) is 41.8 Å². The summed E-state index contributed by atoms with van der Waals surface area (Å²) in [5.41, 5.74) is 0. The van der Waals surface area contributed by atoms with E-state index < -0.39 is 0 Å². The molecule has 0 saturated heterocycles. The number of hydrogen-bond donors (Lipinski definition) is 1. The molecule has 4 heteroatoms. The molecule has 0 radical (unpaired) electrons. The first-order valence-electron chi connectivity index (χ1n) is 5.23. The van der Waals surface area contributed by atoms with Gasteiger partial charge in [-0.3, -0.25) is 4.79 Å². The summed E-state index contributed by atoms with van der Waals surface area (Å²) in [5.74, 6) is 1.03. The minimum Gasteiger partial charge on any atom is -0.451 e. The van der Waals surface area contributed by atoms with Crippen LogP contribution in [0.5, 0.6) is 0 Å². The Kier molecular flexibility index (Phi) is 5.05. The van der Waals surface area contributed by atoms with E-state index in [9.17, 15) is 4.79 Å². The van der Waals surface area contributed by atoms with Gasteiger partial charge in [-0.25, -0.2) is 0 Å². The molecule has 1 rings (SSSR count). The fraction of sp³-hybridized carbons (Fsp3) is 0.417. The second-order valence-corrected chi connectivity index (χ2v) is 5.08. The monoisotopic (exact) mass is 333 g/mol. The molecular weight excluding hydrogens is 317 g/mol. The van der Waals surface area contributed by atoms with Crippen LogP contribution in [0.15, 0.2) is 22.6 Å². The topological polar surface area (TPSA) is 42.2 Å². The van der Waals surface area contributed by atoms with Crippen molar-refractivity contribution < 1.29 is 9.21 Å². The molecule has 1 N–H and O–H groups in total. The standard InChI is InChI=1S/C12H16INO2/c1-8(2)9(3)14-12(15)7-5-10-4-6-11(13)16-10/h4-9H,1-3H3,(H,14,15)/b7-5+. The average molecular weight is 333 g/mol. The molecule has 1 heterocycles. The number of halogens is 1. The van der Waals surface area contributed by atoms with Crippen molar-refractivity contribution in [3.63, 3.8) is 0 Å². The zero-order chi connectivity index (χ0) is 12.1. The zero-order valence-corrected chi connectivity index (χ0v) is 11.8. The molecule has 0 aliphatic rings. The highest BCUT2D eigenvalue weighted by Gasteiger charge is 2.08. The van der Waals surface area contributed by atoms with Crippen LogP contribution in [0.2, 0.25) is 0 Å². The molecule has 0 aliphatic heterocycles. The Bertz CT molecular complexity index is 382. The van der Waals surface area contributed by atoms with Gasteiger partial charge in [0.2, 0.25) is 5.91 Å². The lowest BCUT2D eigenvalue weighted by molar-refractivity contribution is -0.117. The summed E-state index contributed by atoms with van der Waals surface area (Å²) in [4.78, 5) is 11.5. The van der Waals surface area contributed by atoms with Crippen LogP contribution in [0.4, 0.5) is 0 Å². The fourth-order valence-electron chi connectivity index (χ4n) is 1.01. The van der Waals surface area contributed by atoms with E-state index in [1.165, 1.54) is 6.08 Å². The van der Waals surface area contributed by atoms with Gasteiger partial charge in [0.25, 0.3) is 0 Å². The Balaban J connectivity index is 2.48. The molecule has 3 nitrogen and oxygen atoms in total. The number of amides is 1. The minimum absolute atomic E-state index is 0.0902. The number of nitrogens with one attached hydrogen (secondary N) is 1. The van der Waals surface area contributed by atoms with Crippen LogP contribution in [-0.4, -0.2) is 11.9 Å². The molecule has 0 spiro atoms. The van der Waals surface area contributed by atoms with Crippen molar-refractivity contribution in [3.8, 4) is 0 Å². The Hall–Kier alpha value is -0.780. The molecule has 1 amide bonds. The van der Waals surface area contributed by atoms with Crippen LogP contribution in [-0.2, 0) is 4.79 Å². The fourth-order valence-corrected chi connectivity index (χ4v) is 1.45. The van der Waals surface area contributed by atoms with Gasteiger partial charge in [0, 0.05) is 12.1 Å². The van der Waals surface area contributed by atoms with Crippen molar-refractivity contribution in [3.05, 3.63) is 27.7 Å². The van der Waals surface area contributed by atoms with Crippen molar-refractivity contribution in [1.29, 1.82) is 0 Å². The van der Waals surface area contributed by atoms with Crippen LogP contribution in [0, 0.1) is 9.68 Å². The largest absolute Gasteiger partial charge is 0.451 e. The molecule has 16 heavy (non-hydrogen) atoms. The molecule has 1 unspecified atom stereocenters. The van der Waals surface area contributed by atoms with E-state index in [4.69, 9.17) is 4.42 Å². The van der Waals surface area contributed by atoms with Crippen molar-refractivity contribution in [2.75, 3.05) is 0 Å². The first-order valence-corrected chi connectivity index (χ1v) is 6.31. The lowest BCUT2D eigenvalue weighted by Gasteiger charge is -2.15. The summed E-state index contributed by atoms with van der Waals surface area (Å²) in [5, 5.41) is 2.89.